The van der Waals surface area contributed by atoms with Gasteiger partial charge in [0.05, 0.1) is 9.52 Å². The molecule has 4 radical (unpaired) electrons. The maximum atomic E-state index is 6.03. The minimum atomic E-state index is -2.52. The largest absolute Gasteiger partial charge is 0.500 e. The van der Waals surface area contributed by atoms with E-state index >= 15 is 0 Å². The molecule has 0 rings (SSSR count). The molecule has 0 aliphatic heterocycles. The highest BCUT2D eigenvalue weighted by Crippen LogP contribution is 2.21. The average Bonchev–Trinajstić information content (AvgIpc) is 2.95. The van der Waals surface area contributed by atoms with Crippen LogP contribution >= 0.6 is 0 Å². The second-order valence-corrected chi connectivity index (χ2v) is 17.9. The van der Waals surface area contributed by atoms with Crippen molar-refractivity contribution >= 4 is 36.9 Å². The lowest BCUT2D eigenvalue weighted by atomic mass is 10.2. The lowest BCUT2D eigenvalue weighted by molar-refractivity contribution is 0.0706. The molecule has 0 aliphatic carbocycles. The minimum absolute atomic E-state index is 0.448. The number of nitrogens with zero attached hydrogens (tertiary/aromatic N) is 2. The quantitative estimate of drug-likeness (QED) is 0.0506. The molecule has 0 aliphatic rings. The first-order chi connectivity index (χ1) is 20.4. The van der Waals surface area contributed by atoms with E-state index in [0.717, 1.165) is 86.4 Å². The van der Waals surface area contributed by atoms with Crippen molar-refractivity contribution in [3.63, 3.8) is 0 Å². The highest BCUT2D eigenvalue weighted by molar-refractivity contribution is 6.60. The summed E-state index contributed by atoms with van der Waals surface area (Å²) in [5, 5.41) is 0. The number of hydrogen-bond acceptors (Lipinski definition) is 9. The van der Waals surface area contributed by atoms with Crippen LogP contribution in [0, 0.1) is 0 Å². The number of rotatable bonds is 32. The summed E-state index contributed by atoms with van der Waals surface area (Å²) in [6.45, 7) is 21.3. The van der Waals surface area contributed by atoms with Gasteiger partial charge in [-0.1, -0.05) is 25.3 Å². The fourth-order valence-corrected chi connectivity index (χ4v) is 12.1. The van der Waals surface area contributed by atoms with Crippen LogP contribution in [0.3, 0.4) is 0 Å². The molecule has 0 heterocycles. The van der Waals surface area contributed by atoms with E-state index < -0.39 is 27.4 Å². The van der Waals surface area contributed by atoms with E-state index in [4.69, 9.17) is 31.0 Å². The predicted molar refractivity (Wildman–Crippen MR) is 180 cm³/mol. The lowest BCUT2D eigenvalue weighted by Crippen LogP contribution is -2.49. The molecule has 42 heavy (non-hydrogen) atoms. The van der Waals surface area contributed by atoms with Crippen LogP contribution in [0.5, 0.6) is 0 Å². The van der Waals surface area contributed by atoms with Gasteiger partial charge in [0.2, 0.25) is 0 Å². The molecule has 0 saturated carbocycles. The highest BCUT2D eigenvalue weighted by atomic mass is 28.4. The molecule has 9 nitrogen and oxygen atoms in total. The van der Waals surface area contributed by atoms with E-state index in [1.54, 1.807) is 0 Å². The molecule has 13 heteroatoms. The van der Waals surface area contributed by atoms with Crippen LogP contribution < -0.4 is 0 Å². The Balaban J connectivity index is 4.89. The van der Waals surface area contributed by atoms with Crippen LogP contribution in [0.1, 0.15) is 87.0 Å². The molecule has 0 unspecified atom stereocenters. The van der Waals surface area contributed by atoms with Crippen molar-refractivity contribution < 1.29 is 31.0 Å². The zero-order chi connectivity index (χ0) is 31.5. The van der Waals surface area contributed by atoms with Crippen LogP contribution in [0.25, 0.3) is 0 Å². The first-order valence-electron chi connectivity index (χ1n) is 16.6. The van der Waals surface area contributed by atoms with Gasteiger partial charge in [-0.25, -0.2) is 0 Å². The molecule has 0 aromatic heterocycles. The third kappa shape index (κ3) is 20.5. The molecular weight excluding hydrogens is 601 g/mol. The van der Waals surface area contributed by atoms with E-state index in [-0.39, 0.29) is 0 Å². The van der Waals surface area contributed by atoms with Crippen molar-refractivity contribution in [2.75, 3.05) is 73.4 Å². The van der Waals surface area contributed by atoms with Crippen molar-refractivity contribution in [3.05, 3.63) is 0 Å². The SMILES string of the molecule is CCO[Si](CCCN(C)C([Si]CCCCCC[Si](OCC)(OCC)OCC)N(C)CCC[Si](OCC)OCC)OCC. The van der Waals surface area contributed by atoms with E-state index in [9.17, 15) is 0 Å². The molecule has 0 saturated heterocycles. The molecule has 0 N–H and O–H groups in total. The van der Waals surface area contributed by atoms with Gasteiger partial charge in [-0.3, -0.25) is 9.80 Å². The average molecular weight is 667 g/mol. The normalized spacial score (nSPS) is 12.7. The van der Waals surface area contributed by atoms with Gasteiger partial charge in [0, 0.05) is 58.1 Å². The third-order valence-corrected chi connectivity index (χ3v) is 15.7. The van der Waals surface area contributed by atoms with Gasteiger partial charge >= 0.3 is 27.4 Å². The molecule has 0 aromatic carbocycles. The van der Waals surface area contributed by atoms with Gasteiger partial charge in [0.15, 0.2) is 0 Å². The summed E-state index contributed by atoms with van der Waals surface area (Å²) in [5.41, 5.74) is 0. The molecule has 0 aromatic rings. The first kappa shape index (κ1) is 42.5. The summed E-state index contributed by atoms with van der Waals surface area (Å²) < 4.78 is 41.6. The van der Waals surface area contributed by atoms with Crippen LogP contribution in [0.2, 0.25) is 24.2 Å². The highest BCUT2D eigenvalue weighted by Gasteiger charge is 2.39. The lowest BCUT2D eigenvalue weighted by Gasteiger charge is -2.36. The van der Waals surface area contributed by atoms with Crippen molar-refractivity contribution in [2.24, 2.45) is 0 Å². The summed E-state index contributed by atoms with van der Waals surface area (Å²) in [6, 6.07) is 4.23. The molecule has 0 atom stereocenters. The monoisotopic (exact) mass is 666 g/mol. The minimum Gasteiger partial charge on any atom is -0.394 e. The summed E-state index contributed by atoms with van der Waals surface area (Å²) >= 11 is 0. The van der Waals surface area contributed by atoms with Gasteiger partial charge in [-0.05, 0) is 107 Å². The van der Waals surface area contributed by atoms with E-state index in [1.807, 2.05) is 20.8 Å². The molecule has 0 spiro atoms. The Morgan fingerprint density at radius 2 is 0.952 bits per heavy atom. The predicted octanol–water partition coefficient (Wildman–Crippen LogP) is 5.77. The summed E-state index contributed by atoms with van der Waals surface area (Å²) in [4.78, 5) is 5.11. The molecule has 0 amide bonds. The fourth-order valence-electron chi connectivity index (χ4n) is 4.91. The molecule has 0 fully saturated rings. The van der Waals surface area contributed by atoms with E-state index in [0.29, 0.717) is 25.6 Å². The van der Waals surface area contributed by atoms with Crippen LogP contribution in [-0.2, 0) is 31.0 Å². The number of unbranched alkanes of at least 4 members (excludes halogenated alkanes) is 3. The first-order valence-corrected chi connectivity index (χ1v) is 22.9. The Bertz CT molecular complexity index is 533. The molecule has 250 valence electrons. The van der Waals surface area contributed by atoms with Gasteiger partial charge in [-0.15, -0.1) is 0 Å². The van der Waals surface area contributed by atoms with Crippen molar-refractivity contribution in [1.82, 2.24) is 9.80 Å². The molecular formula is C29H66N2O7Si4. The standard InChI is InChI=1S/C29H66N2O7Si4/c1-10-32-40(33-11-2)26-21-23-30(8)29(31(9)24-22-27-41(34-12-3)35-13-4)39-25-19-17-18-20-28-42(36-14-5,37-15-6)38-16-7/h29H,10-28H2,1-9H3. The fraction of sp³-hybridized carbons (Fsp3) is 1.00. The van der Waals surface area contributed by atoms with Crippen molar-refractivity contribution in [2.45, 2.75) is 117 Å². The zero-order valence-electron chi connectivity index (χ0n) is 28.8. The zero-order valence-corrected chi connectivity index (χ0v) is 32.8. The van der Waals surface area contributed by atoms with Crippen molar-refractivity contribution in [1.29, 1.82) is 0 Å². The van der Waals surface area contributed by atoms with Crippen LogP contribution in [0.15, 0.2) is 0 Å². The Labute approximate surface area is 267 Å². The Hall–Kier alpha value is 0.508. The van der Waals surface area contributed by atoms with Gasteiger partial charge in [0.25, 0.3) is 0 Å². The second kappa shape index (κ2) is 28.9. The Morgan fingerprint density at radius 1 is 0.548 bits per heavy atom. The smallest absolute Gasteiger partial charge is 0.394 e. The summed E-state index contributed by atoms with van der Waals surface area (Å²) in [7, 11) is 0.617. The van der Waals surface area contributed by atoms with E-state index in [2.05, 4.69) is 51.6 Å². The van der Waals surface area contributed by atoms with Gasteiger partial charge < -0.3 is 31.0 Å². The summed E-state index contributed by atoms with van der Waals surface area (Å²) in [6.07, 6.45) is 7.00. The topological polar surface area (TPSA) is 71.1 Å². The molecule has 0 bridgehead atoms. The second-order valence-electron chi connectivity index (χ2n) is 10.1. The van der Waals surface area contributed by atoms with E-state index in [1.165, 1.54) is 25.3 Å². The maximum Gasteiger partial charge on any atom is 0.500 e. The summed E-state index contributed by atoms with van der Waals surface area (Å²) in [5.74, 6) is 0.448. The van der Waals surface area contributed by atoms with Gasteiger partial charge in [0.1, 0.15) is 0 Å². The van der Waals surface area contributed by atoms with Crippen LogP contribution in [0.4, 0.5) is 0 Å². The Morgan fingerprint density at radius 3 is 1.33 bits per heavy atom. The third-order valence-electron chi connectivity index (χ3n) is 6.67. The maximum absolute atomic E-state index is 6.03. The Kier molecular flexibility index (Phi) is 29.3. The number of hydrogen-bond donors (Lipinski definition) is 0. The van der Waals surface area contributed by atoms with Crippen molar-refractivity contribution in [3.8, 4) is 0 Å². The van der Waals surface area contributed by atoms with Gasteiger partial charge in [-0.2, -0.15) is 0 Å². The van der Waals surface area contributed by atoms with Crippen LogP contribution in [-0.4, -0.2) is 126 Å².